The summed E-state index contributed by atoms with van der Waals surface area (Å²) >= 11 is 1.52. The van der Waals surface area contributed by atoms with Crippen molar-refractivity contribution in [1.82, 2.24) is 5.32 Å². The summed E-state index contributed by atoms with van der Waals surface area (Å²) in [5.74, 6) is 0.494. The molecule has 1 atom stereocenters. The first-order valence-corrected chi connectivity index (χ1v) is 9.30. The molecule has 4 nitrogen and oxygen atoms in total. The SMILES string of the molecule is COc1cc(C)ccc1OCC(=O)NC(c1ccc(F)cc1)c1cccs1. The van der Waals surface area contributed by atoms with Crippen molar-refractivity contribution in [2.75, 3.05) is 13.7 Å². The smallest absolute Gasteiger partial charge is 0.258 e. The van der Waals surface area contributed by atoms with Crippen LogP contribution in [0.3, 0.4) is 0 Å². The summed E-state index contributed by atoms with van der Waals surface area (Å²) in [6.07, 6.45) is 0. The van der Waals surface area contributed by atoms with E-state index in [9.17, 15) is 9.18 Å². The Morgan fingerprint density at radius 1 is 1.15 bits per heavy atom. The molecule has 1 aromatic heterocycles. The van der Waals surface area contributed by atoms with Gasteiger partial charge < -0.3 is 14.8 Å². The summed E-state index contributed by atoms with van der Waals surface area (Å²) in [4.78, 5) is 13.4. The molecule has 0 aliphatic rings. The summed E-state index contributed by atoms with van der Waals surface area (Å²) in [5, 5.41) is 4.89. The van der Waals surface area contributed by atoms with Gasteiger partial charge in [0.25, 0.3) is 5.91 Å². The molecule has 0 saturated carbocycles. The predicted octanol–water partition coefficient (Wildman–Crippen LogP) is 4.49. The van der Waals surface area contributed by atoms with Gasteiger partial charge in [-0.1, -0.05) is 24.3 Å². The summed E-state index contributed by atoms with van der Waals surface area (Å²) in [6.45, 7) is 1.80. The monoisotopic (exact) mass is 385 g/mol. The van der Waals surface area contributed by atoms with Gasteiger partial charge in [0.15, 0.2) is 18.1 Å². The first-order valence-electron chi connectivity index (χ1n) is 8.42. The third-order valence-electron chi connectivity index (χ3n) is 4.01. The number of hydrogen-bond donors (Lipinski definition) is 1. The number of hydrogen-bond acceptors (Lipinski definition) is 4. The third kappa shape index (κ3) is 4.86. The predicted molar refractivity (Wildman–Crippen MR) is 104 cm³/mol. The van der Waals surface area contributed by atoms with Crippen LogP contribution in [0.25, 0.3) is 0 Å². The number of amides is 1. The molecule has 3 rings (SSSR count). The Hall–Kier alpha value is -2.86. The van der Waals surface area contributed by atoms with Gasteiger partial charge in [0.2, 0.25) is 0 Å². The number of benzene rings is 2. The van der Waals surface area contributed by atoms with Crippen molar-refractivity contribution in [1.29, 1.82) is 0 Å². The van der Waals surface area contributed by atoms with E-state index in [4.69, 9.17) is 9.47 Å². The van der Waals surface area contributed by atoms with Crippen molar-refractivity contribution < 1.29 is 18.7 Å². The number of nitrogens with one attached hydrogen (secondary N) is 1. The minimum absolute atomic E-state index is 0.150. The van der Waals surface area contributed by atoms with E-state index >= 15 is 0 Å². The molecule has 0 spiro atoms. The molecule has 1 unspecified atom stereocenters. The Morgan fingerprint density at radius 2 is 1.93 bits per heavy atom. The van der Waals surface area contributed by atoms with Crippen molar-refractivity contribution in [3.05, 3.63) is 81.8 Å². The Kier molecular flexibility index (Phi) is 6.08. The van der Waals surface area contributed by atoms with Crippen LogP contribution in [-0.2, 0) is 4.79 Å². The van der Waals surface area contributed by atoms with E-state index in [0.717, 1.165) is 16.0 Å². The molecule has 140 valence electrons. The van der Waals surface area contributed by atoms with Crippen LogP contribution in [0, 0.1) is 12.7 Å². The molecular weight excluding hydrogens is 365 g/mol. The molecule has 0 aliphatic carbocycles. The molecule has 1 amide bonds. The fraction of sp³-hybridized carbons (Fsp3) is 0.190. The van der Waals surface area contributed by atoms with Gasteiger partial charge in [-0.15, -0.1) is 11.3 Å². The van der Waals surface area contributed by atoms with Gasteiger partial charge in [-0.25, -0.2) is 4.39 Å². The lowest BCUT2D eigenvalue weighted by atomic mass is 10.1. The van der Waals surface area contributed by atoms with Gasteiger partial charge >= 0.3 is 0 Å². The van der Waals surface area contributed by atoms with E-state index in [2.05, 4.69) is 5.32 Å². The zero-order chi connectivity index (χ0) is 19.2. The largest absolute Gasteiger partial charge is 0.493 e. The lowest BCUT2D eigenvalue weighted by Crippen LogP contribution is -2.33. The van der Waals surface area contributed by atoms with Crippen LogP contribution in [0.15, 0.2) is 60.0 Å². The molecule has 0 radical (unpaired) electrons. The van der Waals surface area contributed by atoms with E-state index in [-0.39, 0.29) is 24.4 Å². The summed E-state index contributed by atoms with van der Waals surface area (Å²) < 4.78 is 24.2. The number of carbonyl (C=O) groups is 1. The molecule has 27 heavy (non-hydrogen) atoms. The van der Waals surface area contributed by atoms with Gasteiger partial charge in [0, 0.05) is 4.88 Å². The van der Waals surface area contributed by atoms with Crippen LogP contribution in [-0.4, -0.2) is 19.6 Å². The normalized spacial score (nSPS) is 11.7. The number of rotatable bonds is 7. The highest BCUT2D eigenvalue weighted by atomic mass is 32.1. The minimum Gasteiger partial charge on any atom is -0.493 e. The molecule has 1 heterocycles. The van der Waals surface area contributed by atoms with E-state index in [1.165, 1.54) is 23.5 Å². The number of thiophene rings is 1. The van der Waals surface area contributed by atoms with Crippen LogP contribution in [0.2, 0.25) is 0 Å². The second kappa shape index (κ2) is 8.68. The molecule has 0 aliphatic heterocycles. The topological polar surface area (TPSA) is 47.6 Å². The van der Waals surface area contributed by atoms with Crippen molar-refractivity contribution in [2.45, 2.75) is 13.0 Å². The van der Waals surface area contributed by atoms with Gasteiger partial charge in [-0.05, 0) is 53.8 Å². The average Bonchev–Trinajstić information content (AvgIpc) is 3.20. The first-order chi connectivity index (χ1) is 13.1. The summed E-state index contributed by atoms with van der Waals surface area (Å²) in [6, 6.07) is 15.1. The van der Waals surface area contributed by atoms with Gasteiger partial charge in [-0.3, -0.25) is 4.79 Å². The average molecular weight is 385 g/mol. The number of ether oxygens (including phenoxy) is 2. The van der Waals surface area contributed by atoms with Crippen LogP contribution in [0.1, 0.15) is 22.0 Å². The molecule has 0 saturated heterocycles. The number of aryl methyl sites for hydroxylation is 1. The number of carbonyl (C=O) groups excluding carboxylic acids is 1. The molecule has 3 aromatic rings. The highest BCUT2D eigenvalue weighted by Crippen LogP contribution is 2.28. The summed E-state index contributed by atoms with van der Waals surface area (Å²) in [7, 11) is 1.56. The quantitative estimate of drug-likeness (QED) is 0.652. The molecule has 2 aromatic carbocycles. The first kappa shape index (κ1) is 18.9. The standard InChI is InChI=1S/C21H20FNO3S/c1-14-5-10-17(18(12-14)25-2)26-13-20(24)23-21(19-4-3-11-27-19)15-6-8-16(22)9-7-15/h3-12,21H,13H2,1-2H3,(H,23,24). The van der Waals surface area contributed by atoms with E-state index in [1.54, 1.807) is 25.3 Å². The number of methoxy groups -OCH3 is 1. The molecule has 1 N–H and O–H groups in total. The van der Waals surface area contributed by atoms with Crippen LogP contribution in [0.4, 0.5) is 4.39 Å². The second-order valence-electron chi connectivity index (χ2n) is 6.01. The fourth-order valence-corrected chi connectivity index (χ4v) is 3.47. The molecular formula is C21H20FNO3S. The van der Waals surface area contributed by atoms with Gasteiger partial charge in [0.1, 0.15) is 5.82 Å². The maximum atomic E-state index is 13.2. The highest BCUT2D eigenvalue weighted by molar-refractivity contribution is 7.10. The Bertz CT molecular complexity index is 894. The van der Waals surface area contributed by atoms with Crippen LogP contribution >= 0.6 is 11.3 Å². The third-order valence-corrected chi connectivity index (χ3v) is 4.95. The number of halogens is 1. The second-order valence-corrected chi connectivity index (χ2v) is 6.99. The summed E-state index contributed by atoms with van der Waals surface area (Å²) in [5.41, 5.74) is 1.85. The zero-order valence-corrected chi connectivity index (χ0v) is 15.9. The van der Waals surface area contributed by atoms with E-state index < -0.39 is 0 Å². The minimum atomic E-state index is -0.360. The highest BCUT2D eigenvalue weighted by Gasteiger charge is 2.18. The van der Waals surface area contributed by atoms with Crippen molar-refractivity contribution in [2.24, 2.45) is 0 Å². The Morgan fingerprint density at radius 3 is 2.59 bits per heavy atom. The molecule has 0 fully saturated rings. The zero-order valence-electron chi connectivity index (χ0n) is 15.1. The molecule has 0 bridgehead atoms. The maximum Gasteiger partial charge on any atom is 0.258 e. The molecule has 6 heteroatoms. The van der Waals surface area contributed by atoms with Crippen molar-refractivity contribution >= 4 is 17.2 Å². The van der Waals surface area contributed by atoms with E-state index in [0.29, 0.717) is 11.5 Å². The Labute approximate surface area is 161 Å². The van der Waals surface area contributed by atoms with Gasteiger partial charge in [0.05, 0.1) is 13.2 Å². The van der Waals surface area contributed by atoms with E-state index in [1.807, 2.05) is 36.6 Å². The lowest BCUT2D eigenvalue weighted by molar-refractivity contribution is -0.123. The van der Waals surface area contributed by atoms with Gasteiger partial charge in [-0.2, -0.15) is 0 Å². The van der Waals surface area contributed by atoms with Crippen LogP contribution in [0.5, 0.6) is 11.5 Å². The maximum absolute atomic E-state index is 13.2. The van der Waals surface area contributed by atoms with Crippen molar-refractivity contribution in [3.63, 3.8) is 0 Å². The van der Waals surface area contributed by atoms with Crippen molar-refractivity contribution in [3.8, 4) is 11.5 Å². The fourth-order valence-electron chi connectivity index (χ4n) is 2.67. The van der Waals surface area contributed by atoms with Crippen LogP contribution < -0.4 is 14.8 Å². The lowest BCUT2D eigenvalue weighted by Gasteiger charge is -2.19. The Balaban J connectivity index is 1.71.